The lowest BCUT2D eigenvalue weighted by Crippen LogP contribution is -2.27. The van der Waals surface area contributed by atoms with Crippen LogP contribution >= 0.6 is 0 Å². The number of nitrogens with zero attached hydrogens (tertiary/aromatic N) is 1. The first-order chi connectivity index (χ1) is 8.91. The summed E-state index contributed by atoms with van der Waals surface area (Å²) in [6.07, 6.45) is 0. The van der Waals surface area contributed by atoms with Crippen LogP contribution in [0.4, 0.5) is 11.4 Å². The number of anilines is 1. The summed E-state index contributed by atoms with van der Waals surface area (Å²) >= 11 is 0. The number of ether oxygens (including phenoxy) is 1. The van der Waals surface area contributed by atoms with Crippen LogP contribution in [0.2, 0.25) is 0 Å². The monoisotopic (exact) mass is 268 g/mol. The Kier molecular flexibility index (Phi) is 5.11. The van der Waals surface area contributed by atoms with Gasteiger partial charge in [0.15, 0.2) is 5.75 Å². The summed E-state index contributed by atoms with van der Waals surface area (Å²) in [5, 5.41) is 23.3. The Morgan fingerprint density at radius 1 is 1.47 bits per heavy atom. The van der Waals surface area contributed by atoms with E-state index in [1.54, 1.807) is 25.1 Å². The van der Waals surface area contributed by atoms with E-state index in [0.717, 1.165) is 0 Å². The number of hydrogen-bond acceptors (Lipinski definition) is 5. The zero-order valence-electron chi connectivity index (χ0n) is 11.5. The minimum atomic E-state index is -0.459. The SMILES string of the molecule is CCOc1cccc(NCC(C)(C)CO)c1[N+](=O)[O-]. The molecule has 0 saturated carbocycles. The predicted molar refractivity (Wildman–Crippen MR) is 73.6 cm³/mol. The van der Waals surface area contributed by atoms with Gasteiger partial charge in [0.25, 0.3) is 0 Å². The molecular weight excluding hydrogens is 248 g/mol. The summed E-state index contributed by atoms with van der Waals surface area (Å²) < 4.78 is 5.27. The van der Waals surface area contributed by atoms with E-state index >= 15 is 0 Å². The van der Waals surface area contributed by atoms with Gasteiger partial charge in [-0.05, 0) is 19.1 Å². The third kappa shape index (κ3) is 4.10. The Bertz CT molecular complexity index is 446. The van der Waals surface area contributed by atoms with E-state index in [2.05, 4.69) is 5.32 Å². The second-order valence-electron chi connectivity index (χ2n) is 5.02. The molecule has 0 saturated heterocycles. The third-order valence-corrected chi connectivity index (χ3v) is 2.67. The molecule has 0 amide bonds. The first-order valence-electron chi connectivity index (χ1n) is 6.16. The first-order valence-corrected chi connectivity index (χ1v) is 6.16. The molecule has 0 aromatic heterocycles. The van der Waals surface area contributed by atoms with Crippen molar-refractivity contribution < 1.29 is 14.8 Å². The third-order valence-electron chi connectivity index (χ3n) is 2.67. The fourth-order valence-corrected chi connectivity index (χ4v) is 1.52. The zero-order chi connectivity index (χ0) is 14.5. The molecule has 0 aliphatic carbocycles. The van der Waals surface area contributed by atoms with Crippen molar-refractivity contribution in [3.63, 3.8) is 0 Å². The van der Waals surface area contributed by atoms with Crippen molar-refractivity contribution in [2.75, 3.05) is 25.1 Å². The van der Waals surface area contributed by atoms with E-state index in [0.29, 0.717) is 18.8 Å². The number of nitro groups is 1. The number of nitro benzene ring substituents is 1. The Morgan fingerprint density at radius 3 is 2.68 bits per heavy atom. The van der Waals surface area contributed by atoms with Gasteiger partial charge in [0.1, 0.15) is 5.69 Å². The summed E-state index contributed by atoms with van der Waals surface area (Å²) in [6, 6.07) is 4.91. The molecular formula is C13H20N2O4. The lowest BCUT2D eigenvalue weighted by molar-refractivity contribution is -0.384. The van der Waals surface area contributed by atoms with Crippen molar-refractivity contribution in [1.82, 2.24) is 0 Å². The van der Waals surface area contributed by atoms with Crippen molar-refractivity contribution in [1.29, 1.82) is 0 Å². The van der Waals surface area contributed by atoms with Crippen molar-refractivity contribution in [2.24, 2.45) is 5.41 Å². The van der Waals surface area contributed by atoms with E-state index in [9.17, 15) is 15.2 Å². The largest absolute Gasteiger partial charge is 0.487 e. The average molecular weight is 268 g/mol. The molecule has 0 heterocycles. The number of benzene rings is 1. The standard InChI is InChI=1S/C13H20N2O4/c1-4-19-11-7-5-6-10(12(11)15(17)18)14-8-13(2,3)9-16/h5-7,14,16H,4,8-9H2,1-3H3. The van der Waals surface area contributed by atoms with Crippen molar-refractivity contribution in [3.05, 3.63) is 28.3 Å². The van der Waals surface area contributed by atoms with E-state index in [-0.39, 0.29) is 23.5 Å². The number of rotatable bonds is 7. The van der Waals surface area contributed by atoms with E-state index in [1.165, 1.54) is 0 Å². The Morgan fingerprint density at radius 2 is 2.16 bits per heavy atom. The molecule has 6 heteroatoms. The van der Waals surface area contributed by atoms with Gasteiger partial charge in [-0.25, -0.2) is 0 Å². The second kappa shape index (κ2) is 6.38. The fraction of sp³-hybridized carbons (Fsp3) is 0.538. The lowest BCUT2D eigenvalue weighted by atomic mass is 9.95. The van der Waals surface area contributed by atoms with Crippen LogP contribution in [0, 0.1) is 15.5 Å². The summed E-state index contributed by atoms with van der Waals surface area (Å²) in [5.74, 6) is 0.249. The van der Waals surface area contributed by atoms with Crippen LogP contribution in [0.15, 0.2) is 18.2 Å². The Balaban J connectivity index is 3.00. The van der Waals surface area contributed by atoms with Crippen LogP contribution in [-0.2, 0) is 0 Å². The van der Waals surface area contributed by atoms with Gasteiger partial charge in [-0.15, -0.1) is 0 Å². The molecule has 0 fully saturated rings. The molecule has 0 spiro atoms. The highest BCUT2D eigenvalue weighted by Gasteiger charge is 2.23. The number of aliphatic hydroxyl groups is 1. The van der Waals surface area contributed by atoms with Gasteiger partial charge in [-0.1, -0.05) is 19.9 Å². The summed E-state index contributed by atoms with van der Waals surface area (Å²) in [5.41, 5.74) is -0.0225. The minimum absolute atomic E-state index is 0.00104. The molecule has 2 N–H and O–H groups in total. The van der Waals surface area contributed by atoms with Crippen LogP contribution in [0.25, 0.3) is 0 Å². The van der Waals surface area contributed by atoms with E-state index in [4.69, 9.17) is 4.74 Å². The first kappa shape index (κ1) is 15.2. The molecule has 0 aliphatic heterocycles. The number of hydrogen-bond donors (Lipinski definition) is 2. The van der Waals surface area contributed by atoms with Crippen LogP contribution in [-0.4, -0.2) is 29.8 Å². The summed E-state index contributed by atoms with van der Waals surface area (Å²) in [4.78, 5) is 10.7. The normalized spacial score (nSPS) is 11.2. The van der Waals surface area contributed by atoms with Crippen molar-refractivity contribution >= 4 is 11.4 Å². The highest BCUT2D eigenvalue weighted by molar-refractivity contribution is 5.68. The average Bonchev–Trinajstić information content (AvgIpc) is 2.36. The van der Waals surface area contributed by atoms with Crippen LogP contribution < -0.4 is 10.1 Å². The highest BCUT2D eigenvalue weighted by atomic mass is 16.6. The van der Waals surface area contributed by atoms with E-state index in [1.807, 2.05) is 13.8 Å². The van der Waals surface area contributed by atoms with Gasteiger partial charge in [0, 0.05) is 18.6 Å². The quantitative estimate of drug-likeness (QED) is 0.586. The highest BCUT2D eigenvalue weighted by Crippen LogP contribution is 2.35. The molecule has 0 radical (unpaired) electrons. The molecule has 6 nitrogen and oxygen atoms in total. The topological polar surface area (TPSA) is 84.6 Å². The van der Waals surface area contributed by atoms with Crippen molar-refractivity contribution in [3.8, 4) is 5.75 Å². The van der Waals surface area contributed by atoms with Gasteiger partial charge in [-0.3, -0.25) is 10.1 Å². The zero-order valence-corrected chi connectivity index (χ0v) is 11.5. The fourth-order valence-electron chi connectivity index (χ4n) is 1.52. The number of para-hydroxylation sites is 1. The molecule has 0 aliphatic rings. The Hall–Kier alpha value is -1.82. The molecule has 1 aromatic rings. The maximum absolute atomic E-state index is 11.1. The van der Waals surface area contributed by atoms with Crippen LogP contribution in [0.3, 0.4) is 0 Å². The number of aliphatic hydroxyl groups excluding tert-OH is 1. The molecule has 1 rings (SSSR count). The van der Waals surface area contributed by atoms with Gasteiger partial charge in [0.05, 0.1) is 11.5 Å². The van der Waals surface area contributed by atoms with Gasteiger partial charge in [-0.2, -0.15) is 0 Å². The van der Waals surface area contributed by atoms with E-state index < -0.39 is 4.92 Å². The Labute approximate surface area is 112 Å². The summed E-state index contributed by atoms with van der Waals surface area (Å²) in [7, 11) is 0. The second-order valence-corrected chi connectivity index (χ2v) is 5.02. The lowest BCUT2D eigenvalue weighted by Gasteiger charge is -2.22. The maximum atomic E-state index is 11.1. The predicted octanol–water partition coefficient (Wildman–Crippen LogP) is 2.42. The van der Waals surface area contributed by atoms with Gasteiger partial charge >= 0.3 is 5.69 Å². The van der Waals surface area contributed by atoms with Gasteiger partial charge in [0.2, 0.25) is 0 Å². The molecule has 0 bridgehead atoms. The minimum Gasteiger partial charge on any atom is -0.487 e. The van der Waals surface area contributed by atoms with Gasteiger partial charge < -0.3 is 15.2 Å². The number of nitrogens with one attached hydrogen (secondary N) is 1. The van der Waals surface area contributed by atoms with Crippen LogP contribution in [0.1, 0.15) is 20.8 Å². The van der Waals surface area contributed by atoms with Crippen molar-refractivity contribution in [2.45, 2.75) is 20.8 Å². The van der Waals surface area contributed by atoms with Crippen LogP contribution in [0.5, 0.6) is 5.75 Å². The smallest absolute Gasteiger partial charge is 0.333 e. The molecule has 1 aromatic carbocycles. The molecule has 0 atom stereocenters. The molecule has 0 unspecified atom stereocenters. The maximum Gasteiger partial charge on any atom is 0.333 e. The summed E-state index contributed by atoms with van der Waals surface area (Å²) in [6.45, 7) is 6.32. The molecule has 19 heavy (non-hydrogen) atoms. The molecule has 106 valence electrons.